The first-order chi connectivity index (χ1) is 14.5. The molecule has 4 nitrogen and oxygen atoms in total. The highest BCUT2D eigenvalue weighted by Crippen LogP contribution is 2.20. The summed E-state index contributed by atoms with van der Waals surface area (Å²) >= 11 is 0. The van der Waals surface area contributed by atoms with Gasteiger partial charge in [-0.3, -0.25) is 0 Å². The normalized spacial score (nSPS) is 12.6. The van der Waals surface area contributed by atoms with Crippen molar-refractivity contribution in [1.82, 2.24) is 4.98 Å². The maximum absolute atomic E-state index is 13.9. The second-order valence-electron chi connectivity index (χ2n) is 6.96. The van der Waals surface area contributed by atoms with E-state index < -0.39 is 17.6 Å². The van der Waals surface area contributed by atoms with Crippen molar-refractivity contribution in [3.8, 4) is 5.88 Å². The van der Waals surface area contributed by atoms with Gasteiger partial charge in [0.1, 0.15) is 5.83 Å². The molecule has 0 aliphatic carbocycles. The fourth-order valence-corrected chi connectivity index (χ4v) is 2.92. The summed E-state index contributed by atoms with van der Waals surface area (Å²) in [6.45, 7) is 3.47. The number of allylic oxidation sites excluding steroid dienone is 3. The zero-order valence-corrected chi connectivity index (χ0v) is 17.6. The minimum Gasteiger partial charge on any atom is -0.478 e. The summed E-state index contributed by atoms with van der Waals surface area (Å²) in [5.41, 5.74) is 0.607. The molecule has 1 aromatic heterocycles. The van der Waals surface area contributed by atoms with Gasteiger partial charge in [0.05, 0.1) is 18.7 Å². The number of carbonyl (C=O) groups excluding carboxylic acids is 1. The molecule has 0 saturated heterocycles. The Morgan fingerprint density at radius 2 is 1.77 bits per heavy atom. The number of hydrogen-bond acceptors (Lipinski definition) is 4. The summed E-state index contributed by atoms with van der Waals surface area (Å²) in [7, 11) is 0. The Kier molecular flexibility index (Phi) is 9.98. The Labute approximate surface area is 176 Å². The molecule has 0 bridgehead atoms. The summed E-state index contributed by atoms with van der Waals surface area (Å²) in [5, 5.41) is 1.09. The number of benzene rings is 1. The van der Waals surface area contributed by atoms with Crippen LogP contribution in [0.5, 0.6) is 5.88 Å². The predicted molar refractivity (Wildman–Crippen MR) is 115 cm³/mol. The lowest BCUT2D eigenvalue weighted by Crippen LogP contribution is -2.06. The van der Waals surface area contributed by atoms with E-state index in [0.29, 0.717) is 18.9 Å². The molecule has 0 N–H and O–H groups in total. The summed E-state index contributed by atoms with van der Waals surface area (Å²) < 4.78 is 37.8. The molecule has 0 aliphatic rings. The Hall–Kier alpha value is -2.76. The van der Waals surface area contributed by atoms with Crippen LogP contribution in [0.4, 0.5) is 8.78 Å². The number of ether oxygens (including phenoxy) is 2. The van der Waals surface area contributed by atoms with Crippen LogP contribution in [0.3, 0.4) is 0 Å². The van der Waals surface area contributed by atoms with Crippen LogP contribution in [0.1, 0.15) is 52.4 Å². The Balaban J connectivity index is 1.59. The summed E-state index contributed by atoms with van der Waals surface area (Å²) in [6.07, 6.45) is 6.51. The second-order valence-corrected chi connectivity index (χ2v) is 6.96. The van der Waals surface area contributed by atoms with Crippen LogP contribution in [-0.2, 0) is 9.53 Å². The number of para-hydroxylation sites is 1. The minimum absolute atomic E-state index is 0.0503. The van der Waals surface area contributed by atoms with E-state index in [1.165, 1.54) is 13.0 Å². The van der Waals surface area contributed by atoms with Crippen LogP contribution < -0.4 is 4.74 Å². The van der Waals surface area contributed by atoms with Gasteiger partial charge in [-0.1, -0.05) is 37.5 Å². The number of hydrogen-bond donors (Lipinski definition) is 0. The summed E-state index contributed by atoms with van der Waals surface area (Å²) in [4.78, 5) is 15.7. The molecule has 0 spiro atoms. The predicted octanol–water partition coefficient (Wildman–Crippen LogP) is 6.61. The van der Waals surface area contributed by atoms with Gasteiger partial charge in [-0.25, -0.2) is 14.2 Å². The van der Waals surface area contributed by atoms with Crippen molar-refractivity contribution in [2.75, 3.05) is 13.2 Å². The van der Waals surface area contributed by atoms with Crippen LogP contribution in [0, 0.1) is 0 Å². The van der Waals surface area contributed by atoms with Gasteiger partial charge in [0.2, 0.25) is 11.7 Å². The third-order valence-electron chi connectivity index (χ3n) is 4.64. The van der Waals surface area contributed by atoms with Crippen molar-refractivity contribution in [3.05, 3.63) is 59.7 Å². The van der Waals surface area contributed by atoms with E-state index in [2.05, 4.69) is 9.72 Å². The van der Waals surface area contributed by atoms with Gasteiger partial charge in [-0.15, -0.1) is 0 Å². The minimum atomic E-state index is -1.17. The van der Waals surface area contributed by atoms with Gasteiger partial charge in [0.15, 0.2) is 0 Å². The van der Waals surface area contributed by atoms with E-state index in [1.54, 1.807) is 6.92 Å². The zero-order chi connectivity index (χ0) is 21.8. The molecule has 162 valence electrons. The van der Waals surface area contributed by atoms with E-state index in [1.807, 2.05) is 36.4 Å². The highest BCUT2D eigenvalue weighted by Gasteiger charge is 2.16. The molecule has 2 rings (SSSR count). The third-order valence-corrected chi connectivity index (χ3v) is 4.64. The van der Waals surface area contributed by atoms with Gasteiger partial charge in [-0.05, 0) is 51.3 Å². The third kappa shape index (κ3) is 7.58. The average Bonchev–Trinajstić information content (AvgIpc) is 2.76. The van der Waals surface area contributed by atoms with Crippen LogP contribution in [0.2, 0.25) is 0 Å². The van der Waals surface area contributed by atoms with E-state index >= 15 is 0 Å². The molecule has 0 aliphatic heterocycles. The summed E-state index contributed by atoms with van der Waals surface area (Å²) in [6, 6.07) is 11.8. The molecule has 1 heterocycles. The second kappa shape index (κ2) is 12.7. The lowest BCUT2D eigenvalue weighted by molar-refractivity contribution is -0.140. The maximum atomic E-state index is 13.9. The molecular weight excluding hydrogens is 388 g/mol. The van der Waals surface area contributed by atoms with Gasteiger partial charge < -0.3 is 9.47 Å². The van der Waals surface area contributed by atoms with Crippen molar-refractivity contribution < 1.29 is 23.0 Å². The number of unbranched alkanes of at least 4 members (excludes halogenated alkanes) is 5. The van der Waals surface area contributed by atoms with Gasteiger partial charge >= 0.3 is 5.97 Å². The van der Waals surface area contributed by atoms with Crippen molar-refractivity contribution in [2.45, 2.75) is 52.4 Å². The maximum Gasteiger partial charge on any atom is 0.367 e. The van der Waals surface area contributed by atoms with Crippen molar-refractivity contribution in [1.29, 1.82) is 0 Å². The number of aromatic nitrogens is 1. The molecule has 2 aromatic rings. The van der Waals surface area contributed by atoms with Crippen LogP contribution in [-0.4, -0.2) is 24.2 Å². The Morgan fingerprint density at radius 3 is 2.57 bits per heavy atom. The van der Waals surface area contributed by atoms with E-state index in [9.17, 15) is 13.6 Å². The molecule has 0 unspecified atom stereocenters. The first-order valence-electron chi connectivity index (χ1n) is 10.4. The zero-order valence-electron chi connectivity index (χ0n) is 17.6. The Bertz CT molecular complexity index is 893. The monoisotopic (exact) mass is 417 g/mol. The number of nitrogens with zero attached hydrogens (tertiary/aromatic N) is 1. The smallest absolute Gasteiger partial charge is 0.367 e. The lowest BCUT2D eigenvalue weighted by atomic mass is 10.1. The van der Waals surface area contributed by atoms with Crippen molar-refractivity contribution >= 4 is 16.9 Å². The van der Waals surface area contributed by atoms with Gasteiger partial charge in [0.25, 0.3) is 0 Å². The first-order valence-corrected chi connectivity index (χ1v) is 10.4. The molecule has 0 radical (unpaired) electrons. The molecule has 0 atom stereocenters. The molecule has 0 amide bonds. The number of fused-ring (bicyclic) bond motifs is 1. The molecule has 0 saturated carbocycles. The molecule has 1 aromatic carbocycles. The number of esters is 1. The van der Waals surface area contributed by atoms with Crippen LogP contribution in [0.25, 0.3) is 10.9 Å². The largest absolute Gasteiger partial charge is 0.478 e. The molecule has 0 fully saturated rings. The lowest BCUT2D eigenvalue weighted by Gasteiger charge is -2.06. The van der Waals surface area contributed by atoms with Gasteiger partial charge in [-0.2, -0.15) is 4.39 Å². The standard InChI is InChI=1S/C24H29F2NO3/c1-3-29-24(28)23(26)18(2)20(25)13-8-6-4-5-7-11-17-30-22-16-15-19-12-9-10-14-21(19)27-22/h9-10,12-16H,3-8,11,17H2,1-2H3. The first kappa shape index (κ1) is 23.5. The Morgan fingerprint density at radius 1 is 1.03 bits per heavy atom. The van der Waals surface area contributed by atoms with Crippen LogP contribution >= 0.6 is 0 Å². The highest BCUT2D eigenvalue weighted by molar-refractivity contribution is 5.87. The quantitative estimate of drug-likeness (QED) is 0.169. The number of carbonyl (C=O) groups is 1. The van der Waals surface area contributed by atoms with E-state index in [0.717, 1.165) is 43.0 Å². The molecular formula is C24H29F2NO3. The van der Waals surface area contributed by atoms with Crippen molar-refractivity contribution in [2.24, 2.45) is 0 Å². The van der Waals surface area contributed by atoms with E-state index in [4.69, 9.17) is 4.74 Å². The molecule has 6 heteroatoms. The topological polar surface area (TPSA) is 48.4 Å². The number of rotatable bonds is 12. The highest BCUT2D eigenvalue weighted by atomic mass is 19.1. The van der Waals surface area contributed by atoms with E-state index in [-0.39, 0.29) is 12.2 Å². The fourth-order valence-electron chi connectivity index (χ4n) is 2.92. The number of pyridine rings is 1. The van der Waals surface area contributed by atoms with Gasteiger partial charge in [0, 0.05) is 17.0 Å². The summed E-state index contributed by atoms with van der Waals surface area (Å²) in [5.74, 6) is -2.38. The van der Waals surface area contributed by atoms with Crippen molar-refractivity contribution in [3.63, 3.8) is 0 Å². The number of halogens is 2. The molecule has 30 heavy (non-hydrogen) atoms. The SMILES string of the molecule is CCOC(=O)C(F)=C(C)C(F)=CCCCCCCCOc1ccc2ccccc2n1. The fraction of sp³-hybridized carbons (Fsp3) is 0.417. The average molecular weight is 417 g/mol. The van der Waals surface area contributed by atoms with Crippen LogP contribution in [0.15, 0.2) is 59.7 Å².